The molecule has 0 fully saturated rings. The average molecular weight is 238 g/mol. The van der Waals surface area contributed by atoms with Gasteiger partial charge in [0.2, 0.25) is 5.84 Å². The van der Waals surface area contributed by atoms with Crippen molar-refractivity contribution in [3.8, 4) is 0 Å². The van der Waals surface area contributed by atoms with Gasteiger partial charge in [-0.2, -0.15) is 0 Å². The monoisotopic (exact) mass is 238 g/mol. The fourth-order valence-corrected chi connectivity index (χ4v) is 1.93. The van der Waals surface area contributed by atoms with Crippen LogP contribution in [0.1, 0.15) is 0 Å². The van der Waals surface area contributed by atoms with E-state index >= 15 is 0 Å². The summed E-state index contributed by atoms with van der Waals surface area (Å²) in [6, 6.07) is 5.49. The number of methoxy groups -OCH3 is 1. The third kappa shape index (κ3) is 1.94. The second-order valence-corrected chi connectivity index (χ2v) is 3.82. The summed E-state index contributed by atoms with van der Waals surface area (Å²) in [4.78, 5) is 5.83. The van der Waals surface area contributed by atoms with Gasteiger partial charge in [-0.05, 0) is 12.1 Å². The normalized spacial score (nSPS) is 19.0. The average Bonchev–Trinajstić information content (AvgIpc) is 2.70. The van der Waals surface area contributed by atoms with Crippen LogP contribution in [0.2, 0.25) is 0 Å². The highest BCUT2D eigenvalue weighted by Crippen LogP contribution is 2.13. The maximum absolute atomic E-state index is 11.2. The van der Waals surface area contributed by atoms with Crippen LogP contribution in [0, 0.1) is 0 Å². The van der Waals surface area contributed by atoms with Crippen molar-refractivity contribution in [3.63, 3.8) is 0 Å². The van der Waals surface area contributed by atoms with Gasteiger partial charge in [0.05, 0.1) is 7.11 Å². The van der Waals surface area contributed by atoms with Crippen LogP contribution in [-0.4, -0.2) is 35.1 Å². The zero-order chi connectivity index (χ0) is 11.5. The summed E-state index contributed by atoms with van der Waals surface area (Å²) in [6.07, 6.45) is 1.67. The molecule has 0 spiro atoms. The van der Waals surface area contributed by atoms with Gasteiger partial charge >= 0.3 is 0 Å². The summed E-state index contributed by atoms with van der Waals surface area (Å²) < 4.78 is 23.8. The van der Waals surface area contributed by atoms with Gasteiger partial charge in [0.15, 0.2) is 0 Å². The highest BCUT2D eigenvalue weighted by molar-refractivity contribution is 7.83. The van der Waals surface area contributed by atoms with E-state index in [4.69, 9.17) is 4.74 Å². The minimum atomic E-state index is -1.60. The highest BCUT2D eigenvalue weighted by atomic mass is 32.2. The lowest BCUT2D eigenvalue weighted by Gasteiger charge is -2.16. The van der Waals surface area contributed by atoms with Gasteiger partial charge in [0.1, 0.15) is 5.82 Å². The number of anilines is 1. The van der Waals surface area contributed by atoms with Gasteiger partial charge in [-0.15, -0.1) is 8.80 Å². The summed E-state index contributed by atoms with van der Waals surface area (Å²) in [5.41, 5.74) is 0. The van der Waals surface area contributed by atoms with Crippen molar-refractivity contribution < 1.29 is 8.95 Å². The van der Waals surface area contributed by atoms with Crippen molar-refractivity contribution in [1.82, 2.24) is 4.98 Å². The minimum absolute atomic E-state index is 0.256. The molecule has 84 valence electrons. The first-order valence-corrected chi connectivity index (χ1v) is 5.57. The number of amidine groups is 1. The Hall–Kier alpha value is -1.76. The van der Waals surface area contributed by atoms with Crippen LogP contribution < -0.4 is 4.90 Å². The zero-order valence-electron chi connectivity index (χ0n) is 8.82. The molecule has 1 aromatic heterocycles. The van der Waals surface area contributed by atoms with Crippen molar-refractivity contribution in [1.29, 1.82) is 0 Å². The lowest BCUT2D eigenvalue weighted by atomic mass is 10.4. The smallest absolute Gasteiger partial charge is 0.271 e. The highest BCUT2D eigenvalue weighted by Gasteiger charge is 2.24. The molecule has 1 aliphatic heterocycles. The molecule has 0 saturated heterocycles. The van der Waals surface area contributed by atoms with Crippen LogP contribution in [0.25, 0.3) is 0 Å². The van der Waals surface area contributed by atoms with Gasteiger partial charge < -0.3 is 9.64 Å². The topological polar surface area (TPSA) is 67.2 Å². The number of likely N-dealkylation sites (N-methyl/N-ethyl adjacent to an activating group) is 1. The molecule has 1 aromatic rings. The number of pyridine rings is 1. The molecule has 0 radical (unpaired) electrons. The van der Waals surface area contributed by atoms with Gasteiger partial charge in [-0.25, -0.2) is 9.19 Å². The number of rotatable bonds is 1. The number of aromatic nitrogens is 1. The number of hydrogen-bond acceptors (Lipinski definition) is 4. The van der Waals surface area contributed by atoms with Gasteiger partial charge in [-0.1, -0.05) is 6.07 Å². The molecule has 0 N–H and O–H groups in total. The van der Waals surface area contributed by atoms with Crippen LogP contribution in [0.4, 0.5) is 5.82 Å². The van der Waals surface area contributed by atoms with Gasteiger partial charge in [0, 0.05) is 13.2 Å². The number of hydrogen-bond donors (Lipinski definition) is 0. The predicted octanol–water partition coefficient (Wildman–Crippen LogP) is 0.553. The molecular formula is C9H10N4O2S. The number of nitrogens with zero attached hydrogens (tertiary/aromatic N) is 4. The zero-order valence-corrected chi connectivity index (χ0v) is 9.64. The third-order valence-electron chi connectivity index (χ3n) is 2.02. The first-order valence-electron chi connectivity index (χ1n) is 4.51. The predicted molar refractivity (Wildman–Crippen MR) is 62.7 cm³/mol. The summed E-state index contributed by atoms with van der Waals surface area (Å²) in [5, 5.41) is 0. The Morgan fingerprint density at radius 3 is 2.81 bits per heavy atom. The Morgan fingerprint density at radius 1 is 1.38 bits per heavy atom. The molecule has 0 aromatic carbocycles. The quantitative estimate of drug-likeness (QED) is 0.716. The molecule has 0 bridgehead atoms. The van der Waals surface area contributed by atoms with E-state index in [0.29, 0.717) is 11.7 Å². The Labute approximate surface area is 95.4 Å². The SMILES string of the molecule is COC1=NS(=O)N=C1N(C)c1ccccn1. The standard InChI is InChI=1S/C9H10N4O2S/c1-13(7-5-3-4-6-10-7)8-9(15-2)12-16(14)11-8/h3-6H,1-2H3. The second-order valence-electron chi connectivity index (χ2n) is 2.99. The molecule has 6 nitrogen and oxygen atoms in total. The lowest BCUT2D eigenvalue weighted by Crippen LogP contribution is -2.33. The molecule has 0 saturated carbocycles. The maximum atomic E-state index is 11.2. The van der Waals surface area contributed by atoms with Crippen LogP contribution in [0.15, 0.2) is 33.2 Å². The van der Waals surface area contributed by atoms with Crippen molar-refractivity contribution >= 4 is 28.7 Å². The molecule has 1 unspecified atom stereocenters. The second kappa shape index (κ2) is 4.40. The summed E-state index contributed by atoms with van der Waals surface area (Å²) in [7, 11) is 3.22. The van der Waals surface area contributed by atoms with E-state index in [-0.39, 0.29) is 5.90 Å². The van der Waals surface area contributed by atoms with E-state index < -0.39 is 11.2 Å². The van der Waals surface area contributed by atoms with E-state index in [1.807, 2.05) is 18.2 Å². The molecule has 2 heterocycles. The van der Waals surface area contributed by atoms with E-state index in [1.54, 1.807) is 18.1 Å². The van der Waals surface area contributed by atoms with Crippen LogP contribution in [-0.2, 0) is 15.9 Å². The molecule has 7 heteroatoms. The van der Waals surface area contributed by atoms with Crippen molar-refractivity contribution in [2.45, 2.75) is 0 Å². The fourth-order valence-electron chi connectivity index (χ4n) is 1.24. The molecule has 16 heavy (non-hydrogen) atoms. The third-order valence-corrected chi connectivity index (χ3v) is 2.67. The largest absolute Gasteiger partial charge is 0.478 e. The Kier molecular flexibility index (Phi) is 2.95. The van der Waals surface area contributed by atoms with E-state index in [2.05, 4.69) is 13.8 Å². The van der Waals surface area contributed by atoms with Gasteiger partial charge in [-0.3, -0.25) is 0 Å². The molecular weight excluding hydrogens is 228 g/mol. The van der Waals surface area contributed by atoms with Crippen molar-refractivity contribution in [2.24, 2.45) is 8.80 Å². The van der Waals surface area contributed by atoms with Crippen LogP contribution >= 0.6 is 0 Å². The lowest BCUT2D eigenvalue weighted by molar-refractivity contribution is 0.412. The first kappa shape index (κ1) is 10.7. The fraction of sp³-hybridized carbons (Fsp3) is 0.222. The molecule has 0 aliphatic carbocycles. The van der Waals surface area contributed by atoms with Crippen LogP contribution in [0.5, 0.6) is 0 Å². The Morgan fingerprint density at radius 2 is 2.19 bits per heavy atom. The first-order chi connectivity index (χ1) is 7.72. The minimum Gasteiger partial charge on any atom is -0.478 e. The van der Waals surface area contributed by atoms with Gasteiger partial charge in [0.25, 0.3) is 17.1 Å². The molecule has 1 aliphatic rings. The van der Waals surface area contributed by atoms with Crippen molar-refractivity contribution in [3.05, 3.63) is 24.4 Å². The van der Waals surface area contributed by atoms with E-state index in [1.165, 1.54) is 7.11 Å². The molecule has 2 rings (SSSR count). The summed E-state index contributed by atoms with van der Waals surface area (Å²) >= 11 is -1.60. The number of ether oxygens (including phenoxy) is 1. The van der Waals surface area contributed by atoms with E-state index in [0.717, 1.165) is 0 Å². The Balaban J connectivity index is 2.30. The molecule has 1 atom stereocenters. The van der Waals surface area contributed by atoms with Crippen LogP contribution in [0.3, 0.4) is 0 Å². The summed E-state index contributed by atoms with van der Waals surface area (Å²) in [6.45, 7) is 0. The summed E-state index contributed by atoms with van der Waals surface area (Å²) in [5.74, 6) is 1.36. The van der Waals surface area contributed by atoms with Crippen molar-refractivity contribution in [2.75, 3.05) is 19.1 Å². The maximum Gasteiger partial charge on any atom is 0.271 e. The van der Waals surface area contributed by atoms with E-state index in [9.17, 15) is 4.21 Å². The molecule has 0 amide bonds. The Bertz CT molecular complexity index is 472.